The Morgan fingerprint density at radius 1 is 0.871 bits per heavy atom. The van der Waals surface area contributed by atoms with Gasteiger partial charge in [-0.1, -0.05) is 58.5 Å². The molecule has 0 bridgehead atoms. The van der Waals surface area contributed by atoms with Gasteiger partial charge in [-0.3, -0.25) is 9.59 Å². The summed E-state index contributed by atoms with van der Waals surface area (Å²) in [6, 6.07) is 16.3. The number of rotatable bonds is 5. The number of fused-ring (bicyclic) bond motifs is 1. The summed E-state index contributed by atoms with van der Waals surface area (Å²) in [5.41, 5.74) is -0.326. The molecule has 0 aromatic heterocycles. The monoisotopic (exact) mass is 493 g/mol. The van der Waals surface area contributed by atoms with Crippen LogP contribution in [0.25, 0.3) is 0 Å². The summed E-state index contributed by atoms with van der Waals surface area (Å²) in [6.07, 6.45) is -0.488. The van der Waals surface area contributed by atoms with Crippen LogP contribution in [0.2, 0.25) is 20.1 Å². The lowest BCUT2D eigenvalue weighted by Crippen LogP contribution is -2.41. The lowest BCUT2D eigenvalue weighted by molar-refractivity contribution is -0.136. The minimum absolute atomic E-state index is 0.149. The fourth-order valence-corrected chi connectivity index (χ4v) is 4.48. The molecule has 1 aliphatic rings. The highest BCUT2D eigenvalue weighted by Crippen LogP contribution is 2.45. The Morgan fingerprint density at radius 3 is 2.16 bits per heavy atom. The first-order valence-electron chi connectivity index (χ1n) is 9.26. The van der Waals surface area contributed by atoms with Crippen molar-refractivity contribution < 1.29 is 14.7 Å². The smallest absolute Gasteiger partial charge is 0.264 e. The highest BCUT2D eigenvalue weighted by Gasteiger charge is 2.51. The molecule has 0 spiro atoms. The van der Waals surface area contributed by atoms with E-state index < -0.39 is 23.7 Å². The second-order valence-electron chi connectivity index (χ2n) is 7.26. The molecule has 1 N–H and O–H groups in total. The first kappa shape index (κ1) is 22.1. The van der Waals surface area contributed by atoms with Crippen molar-refractivity contribution >= 4 is 63.8 Å². The van der Waals surface area contributed by atoms with Crippen LogP contribution in [0, 0.1) is 0 Å². The van der Waals surface area contributed by atoms with Crippen molar-refractivity contribution in [3.05, 3.63) is 97.4 Å². The Bertz CT molecular complexity index is 1200. The van der Waals surface area contributed by atoms with Crippen molar-refractivity contribution in [3.63, 3.8) is 0 Å². The highest BCUT2D eigenvalue weighted by atomic mass is 35.5. The van der Waals surface area contributed by atoms with Gasteiger partial charge in [0.15, 0.2) is 11.4 Å². The molecule has 1 atom stereocenters. The molecular formula is C23H15Cl4NO3. The summed E-state index contributed by atoms with van der Waals surface area (Å²) in [7, 11) is 0. The van der Waals surface area contributed by atoms with Gasteiger partial charge in [-0.05, 0) is 54.1 Å². The van der Waals surface area contributed by atoms with Gasteiger partial charge in [0.05, 0.1) is 23.7 Å². The van der Waals surface area contributed by atoms with Crippen LogP contribution >= 0.6 is 46.4 Å². The van der Waals surface area contributed by atoms with E-state index in [-0.39, 0.29) is 22.7 Å². The summed E-state index contributed by atoms with van der Waals surface area (Å²) in [4.78, 5) is 27.8. The van der Waals surface area contributed by atoms with Crippen molar-refractivity contribution in [2.75, 3.05) is 4.90 Å². The molecule has 0 saturated heterocycles. The quantitative estimate of drug-likeness (QED) is 0.423. The van der Waals surface area contributed by atoms with Crippen molar-refractivity contribution in [3.8, 4) is 0 Å². The van der Waals surface area contributed by atoms with E-state index in [0.29, 0.717) is 20.8 Å². The summed E-state index contributed by atoms with van der Waals surface area (Å²) in [5.74, 6) is -1.10. The second kappa shape index (κ2) is 8.45. The zero-order valence-corrected chi connectivity index (χ0v) is 18.9. The number of halogens is 4. The van der Waals surface area contributed by atoms with Crippen LogP contribution in [0.5, 0.6) is 0 Å². The van der Waals surface area contributed by atoms with Crippen LogP contribution in [0.15, 0.2) is 60.7 Å². The van der Waals surface area contributed by atoms with Gasteiger partial charge in [-0.2, -0.15) is 0 Å². The third-order valence-corrected chi connectivity index (χ3v) is 6.23. The molecule has 158 valence electrons. The van der Waals surface area contributed by atoms with Crippen molar-refractivity contribution in [2.45, 2.75) is 18.6 Å². The van der Waals surface area contributed by atoms with Gasteiger partial charge in [0.1, 0.15) is 0 Å². The largest absolute Gasteiger partial charge is 0.375 e. The number of hydrogen-bond acceptors (Lipinski definition) is 3. The molecule has 3 aromatic rings. The third kappa shape index (κ3) is 4.19. The normalized spacial score (nSPS) is 17.7. The van der Waals surface area contributed by atoms with E-state index in [0.717, 1.165) is 5.56 Å². The predicted molar refractivity (Wildman–Crippen MR) is 123 cm³/mol. The number of amides is 1. The molecular weight excluding hydrogens is 480 g/mol. The molecule has 0 saturated carbocycles. The Hall–Kier alpha value is -2.08. The molecule has 4 rings (SSSR count). The number of anilines is 1. The summed E-state index contributed by atoms with van der Waals surface area (Å²) < 4.78 is 0. The molecule has 3 aromatic carbocycles. The second-order valence-corrected chi connectivity index (χ2v) is 8.98. The lowest BCUT2D eigenvalue weighted by atomic mass is 9.88. The number of ketones is 1. The fourth-order valence-electron chi connectivity index (χ4n) is 3.67. The molecule has 1 heterocycles. The highest BCUT2D eigenvalue weighted by molar-refractivity contribution is 6.37. The summed E-state index contributed by atoms with van der Waals surface area (Å²) >= 11 is 24.1. The van der Waals surface area contributed by atoms with Crippen LogP contribution in [-0.4, -0.2) is 16.8 Å². The Morgan fingerprint density at radius 2 is 1.48 bits per heavy atom. The third-order valence-electron chi connectivity index (χ3n) is 5.20. The van der Waals surface area contributed by atoms with Crippen molar-refractivity contribution in [1.29, 1.82) is 0 Å². The average Bonchev–Trinajstić information content (AvgIpc) is 2.91. The minimum atomic E-state index is -2.08. The van der Waals surface area contributed by atoms with Gasteiger partial charge in [-0.25, -0.2) is 0 Å². The van der Waals surface area contributed by atoms with E-state index in [2.05, 4.69) is 0 Å². The van der Waals surface area contributed by atoms with Gasteiger partial charge >= 0.3 is 0 Å². The van der Waals surface area contributed by atoms with Gasteiger partial charge < -0.3 is 10.0 Å². The van der Waals surface area contributed by atoms with Gasteiger partial charge in [0, 0.05) is 26.2 Å². The molecule has 31 heavy (non-hydrogen) atoms. The average molecular weight is 495 g/mol. The van der Waals surface area contributed by atoms with E-state index >= 15 is 0 Å². The van der Waals surface area contributed by atoms with E-state index in [1.807, 2.05) is 0 Å². The van der Waals surface area contributed by atoms with Crippen LogP contribution in [-0.2, 0) is 16.9 Å². The number of benzene rings is 3. The SMILES string of the molecule is O=C(CC1(O)C(=O)N(Cc2ccc(Cl)cc2)c2ccc(Cl)cc21)c1ccc(Cl)cc1Cl. The summed E-state index contributed by atoms with van der Waals surface area (Å²) in [5, 5.41) is 12.9. The van der Waals surface area contributed by atoms with Crippen LogP contribution in [0.1, 0.15) is 27.9 Å². The number of carbonyl (C=O) groups excluding carboxylic acids is 2. The first-order chi connectivity index (χ1) is 14.7. The standard InChI is InChI=1S/C23H15Cl4NO3/c24-14-3-1-13(2-4-14)12-28-20-8-6-15(25)9-18(20)23(31,22(28)30)11-21(29)17-7-5-16(26)10-19(17)27/h1-10,31H,11-12H2. The van der Waals surface area contributed by atoms with E-state index in [1.54, 1.807) is 36.4 Å². The zero-order chi connectivity index (χ0) is 22.3. The lowest BCUT2D eigenvalue weighted by Gasteiger charge is -2.23. The van der Waals surface area contributed by atoms with Gasteiger partial charge in [0.25, 0.3) is 5.91 Å². The number of nitrogens with zero attached hydrogens (tertiary/aromatic N) is 1. The first-order valence-corrected chi connectivity index (χ1v) is 10.8. The number of hydrogen-bond donors (Lipinski definition) is 1. The van der Waals surface area contributed by atoms with Crippen LogP contribution in [0.3, 0.4) is 0 Å². The molecule has 4 nitrogen and oxygen atoms in total. The Kier molecular flexibility index (Phi) is 6.03. The molecule has 0 radical (unpaired) electrons. The van der Waals surface area contributed by atoms with E-state index in [9.17, 15) is 14.7 Å². The topological polar surface area (TPSA) is 57.6 Å². The molecule has 1 unspecified atom stereocenters. The zero-order valence-electron chi connectivity index (χ0n) is 15.9. The maximum Gasteiger partial charge on any atom is 0.264 e. The number of carbonyl (C=O) groups is 2. The van der Waals surface area contributed by atoms with Crippen molar-refractivity contribution in [2.24, 2.45) is 0 Å². The Labute approximate surface area is 198 Å². The Balaban J connectivity index is 1.71. The minimum Gasteiger partial charge on any atom is -0.375 e. The van der Waals surface area contributed by atoms with Crippen molar-refractivity contribution in [1.82, 2.24) is 0 Å². The van der Waals surface area contributed by atoms with E-state index in [1.165, 1.54) is 29.2 Å². The molecule has 0 fully saturated rings. The molecule has 0 aliphatic carbocycles. The summed E-state index contributed by atoms with van der Waals surface area (Å²) in [6.45, 7) is 0.197. The maximum absolute atomic E-state index is 13.4. The van der Waals surface area contributed by atoms with Crippen LogP contribution in [0.4, 0.5) is 5.69 Å². The number of Topliss-reactive ketones (excluding diaryl/α,β-unsaturated/α-hetero) is 1. The maximum atomic E-state index is 13.4. The number of aliphatic hydroxyl groups is 1. The van der Waals surface area contributed by atoms with Gasteiger partial charge in [0.2, 0.25) is 0 Å². The van der Waals surface area contributed by atoms with Gasteiger partial charge in [-0.15, -0.1) is 0 Å². The molecule has 8 heteroatoms. The van der Waals surface area contributed by atoms with E-state index in [4.69, 9.17) is 46.4 Å². The molecule has 1 amide bonds. The van der Waals surface area contributed by atoms with Crippen LogP contribution < -0.4 is 4.90 Å². The fraction of sp³-hybridized carbons (Fsp3) is 0.130. The predicted octanol–water partition coefficient (Wildman–Crippen LogP) is 6.31. The molecule has 1 aliphatic heterocycles.